The fraction of sp³-hybridized carbons (Fsp3) is 0.364. The summed E-state index contributed by atoms with van der Waals surface area (Å²) in [5.74, 6) is 0.0431. The van der Waals surface area contributed by atoms with Crippen LogP contribution in [0.1, 0.15) is 24.0 Å². The van der Waals surface area contributed by atoms with E-state index in [0.29, 0.717) is 0 Å². The molecule has 2 rings (SSSR count). The number of anilines is 1. The molecule has 0 saturated carbocycles. The van der Waals surface area contributed by atoms with Crippen molar-refractivity contribution in [3.63, 3.8) is 0 Å². The summed E-state index contributed by atoms with van der Waals surface area (Å²) in [6, 6.07) is 8.64. The van der Waals surface area contributed by atoms with Crippen molar-refractivity contribution < 1.29 is 0 Å². The Morgan fingerprint density at radius 1 is 1.62 bits per heavy atom. The summed E-state index contributed by atoms with van der Waals surface area (Å²) >= 11 is 0. The monoisotopic (exact) mass is 172 g/mol. The second-order valence-corrected chi connectivity index (χ2v) is 3.34. The van der Waals surface area contributed by atoms with Crippen molar-refractivity contribution >= 4 is 5.69 Å². The van der Waals surface area contributed by atoms with Crippen LogP contribution < -0.4 is 5.32 Å². The second kappa shape index (κ2) is 3.10. The molecule has 0 radical (unpaired) electrons. The van der Waals surface area contributed by atoms with Crippen LogP contribution in [0.2, 0.25) is 0 Å². The number of rotatable bonds is 1. The van der Waals surface area contributed by atoms with Gasteiger partial charge in [-0.1, -0.05) is 19.1 Å². The maximum atomic E-state index is 8.89. The second-order valence-electron chi connectivity index (χ2n) is 3.34. The maximum absolute atomic E-state index is 8.89. The molecule has 1 N–H and O–H groups in total. The third-order valence-corrected chi connectivity index (χ3v) is 2.55. The number of benzene rings is 1. The van der Waals surface area contributed by atoms with Gasteiger partial charge in [0.05, 0.1) is 12.0 Å². The van der Waals surface area contributed by atoms with Gasteiger partial charge in [-0.3, -0.25) is 0 Å². The minimum absolute atomic E-state index is 0.0431. The van der Waals surface area contributed by atoms with E-state index in [4.69, 9.17) is 5.26 Å². The summed E-state index contributed by atoms with van der Waals surface area (Å²) in [6.45, 7) is 2.89. The molecule has 1 aromatic carbocycles. The highest BCUT2D eigenvalue weighted by atomic mass is 14.9. The van der Waals surface area contributed by atoms with Gasteiger partial charge < -0.3 is 5.32 Å². The normalized spacial score (nSPS) is 18.9. The van der Waals surface area contributed by atoms with E-state index >= 15 is 0 Å². The van der Waals surface area contributed by atoms with Crippen molar-refractivity contribution in [2.24, 2.45) is 0 Å². The number of hydrogen-bond donors (Lipinski definition) is 1. The summed E-state index contributed by atoms with van der Waals surface area (Å²) in [5.41, 5.74) is 3.60. The predicted molar refractivity (Wildman–Crippen MR) is 52.7 cm³/mol. The molecule has 0 amide bonds. The molecule has 1 aliphatic heterocycles. The van der Waals surface area contributed by atoms with E-state index < -0.39 is 0 Å². The van der Waals surface area contributed by atoms with Crippen molar-refractivity contribution in [3.8, 4) is 6.07 Å². The molecule has 0 aromatic heterocycles. The van der Waals surface area contributed by atoms with Gasteiger partial charge in [0.1, 0.15) is 0 Å². The third-order valence-electron chi connectivity index (χ3n) is 2.55. The van der Waals surface area contributed by atoms with Crippen LogP contribution in [0.3, 0.4) is 0 Å². The third kappa shape index (κ3) is 1.27. The van der Waals surface area contributed by atoms with Crippen LogP contribution in [0.25, 0.3) is 0 Å². The van der Waals surface area contributed by atoms with Crippen LogP contribution in [0, 0.1) is 11.3 Å². The fourth-order valence-electron chi connectivity index (χ4n) is 1.72. The van der Waals surface area contributed by atoms with Crippen molar-refractivity contribution in [3.05, 3.63) is 29.3 Å². The van der Waals surface area contributed by atoms with Gasteiger partial charge >= 0.3 is 0 Å². The highest BCUT2D eigenvalue weighted by molar-refractivity contribution is 5.60. The van der Waals surface area contributed by atoms with E-state index in [1.165, 1.54) is 11.1 Å². The first-order valence-electron chi connectivity index (χ1n) is 4.61. The molecule has 1 aromatic rings. The summed E-state index contributed by atoms with van der Waals surface area (Å²) in [5, 5.41) is 12.1. The van der Waals surface area contributed by atoms with E-state index in [-0.39, 0.29) is 5.92 Å². The molecule has 2 heteroatoms. The quantitative estimate of drug-likeness (QED) is 0.705. The zero-order valence-electron chi connectivity index (χ0n) is 7.67. The number of hydrogen-bond acceptors (Lipinski definition) is 2. The highest BCUT2D eigenvalue weighted by Crippen LogP contribution is 2.31. The molecule has 2 nitrogen and oxygen atoms in total. The van der Waals surface area contributed by atoms with Gasteiger partial charge in [-0.2, -0.15) is 5.26 Å². The maximum Gasteiger partial charge on any atom is 0.0905 e. The average Bonchev–Trinajstić information content (AvgIpc) is 2.59. The number of nitrogens with zero attached hydrogens (tertiary/aromatic N) is 1. The molecule has 0 spiro atoms. The Morgan fingerprint density at radius 2 is 2.46 bits per heavy atom. The van der Waals surface area contributed by atoms with Gasteiger partial charge in [-0.25, -0.2) is 0 Å². The largest absolute Gasteiger partial charge is 0.383 e. The zero-order chi connectivity index (χ0) is 9.26. The topological polar surface area (TPSA) is 35.8 Å². The summed E-state index contributed by atoms with van der Waals surface area (Å²) < 4.78 is 0. The number of aryl methyl sites for hydroxylation is 1. The molecule has 1 atom stereocenters. The minimum atomic E-state index is 0.0431. The number of nitriles is 1. The fourth-order valence-corrected chi connectivity index (χ4v) is 1.72. The lowest BCUT2D eigenvalue weighted by molar-refractivity contribution is 0.958. The van der Waals surface area contributed by atoms with Gasteiger partial charge in [0.2, 0.25) is 0 Å². The van der Waals surface area contributed by atoms with Crippen LogP contribution in [0.15, 0.2) is 18.2 Å². The van der Waals surface area contributed by atoms with E-state index in [1.54, 1.807) is 0 Å². The van der Waals surface area contributed by atoms with Crippen LogP contribution in [0.4, 0.5) is 5.69 Å². The molecule has 13 heavy (non-hydrogen) atoms. The molecule has 1 unspecified atom stereocenters. The summed E-state index contributed by atoms with van der Waals surface area (Å²) in [4.78, 5) is 0. The molecule has 66 valence electrons. The van der Waals surface area contributed by atoms with E-state index in [0.717, 1.165) is 18.7 Å². The number of fused-ring (bicyclic) bond motifs is 1. The molecule has 1 aliphatic rings. The molecular weight excluding hydrogens is 160 g/mol. The Bertz CT molecular complexity index is 363. The lowest BCUT2D eigenvalue weighted by Crippen LogP contribution is -1.98. The first kappa shape index (κ1) is 8.12. The number of nitrogens with one attached hydrogen (secondary N) is 1. The molecule has 0 saturated heterocycles. The van der Waals surface area contributed by atoms with Crippen molar-refractivity contribution in [2.45, 2.75) is 19.3 Å². The van der Waals surface area contributed by atoms with Crippen molar-refractivity contribution in [2.75, 3.05) is 11.9 Å². The van der Waals surface area contributed by atoms with E-state index in [2.05, 4.69) is 36.5 Å². The Morgan fingerprint density at radius 3 is 3.15 bits per heavy atom. The van der Waals surface area contributed by atoms with Gasteiger partial charge in [-0.05, 0) is 23.6 Å². The Hall–Kier alpha value is -1.49. The summed E-state index contributed by atoms with van der Waals surface area (Å²) in [7, 11) is 0. The first-order valence-corrected chi connectivity index (χ1v) is 4.61. The molecule has 1 heterocycles. The van der Waals surface area contributed by atoms with Gasteiger partial charge in [0.15, 0.2) is 0 Å². The SMILES string of the molecule is CCc1ccc2c(c1)C(C#N)CN2. The molecule has 0 fully saturated rings. The van der Waals surface area contributed by atoms with Crippen LogP contribution in [0.5, 0.6) is 0 Å². The van der Waals surface area contributed by atoms with Crippen LogP contribution >= 0.6 is 0 Å². The van der Waals surface area contributed by atoms with Gasteiger partial charge in [0.25, 0.3) is 0 Å². The van der Waals surface area contributed by atoms with Crippen molar-refractivity contribution in [1.29, 1.82) is 5.26 Å². The van der Waals surface area contributed by atoms with Crippen molar-refractivity contribution in [1.82, 2.24) is 0 Å². The first-order chi connectivity index (χ1) is 6.35. The Kier molecular flexibility index (Phi) is 1.94. The standard InChI is InChI=1S/C11H12N2/c1-2-8-3-4-11-10(5-8)9(6-12)7-13-11/h3-5,9,13H,2,7H2,1H3. The minimum Gasteiger partial charge on any atom is -0.383 e. The van der Waals surface area contributed by atoms with E-state index in [1.807, 2.05) is 0 Å². The molecule has 0 aliphatic carbocycles. The average molecular weight is 172 g/mol. The van der Waals surface area contributed by atoms with Crippen LogP contribution in [-0.2, 0) is 6.42 Å². The van der Waals surface area contributed by atoms with E-state index in [9.17, 15) is 0 Å². The highest BCUT2D eigenvalue weighted by Gasteiger charge is 2.21. The summed E-state index contributed by atoms with van der Waals surface area (Å²) in [6.07, 6.45) is 1.03. The Labute approximate surface area is 78.2 Å². The lowest BCUT2D eigenvalue weighted by Gasteiger charge is -2.02. The Balaban J connectivity index is 2.44. The molecular formula is C11H12N2. The van der Waals surface area contributed by atoms with Gasteiger partial charge in [-0.15, -0.1) is 0 Å². The zero-order valence-corrected chi connectivity index (χ0v) is 7.67. The predicted octanol–water partition coefficient (Wildman–Crippen LogP) is 2.28. The smallest absolute Gasteiger partial charge is 0.0905 e. The molecule has 0 bridgehead atoms. The van der Waals surface area contributed by atoms with Gasteiger partial charge in [0, 0.05) is 12.2 Å². The lowest BCUT2D eigenvalue weighted by atomic mass is 10.00. The van der Waals surface area contributed by atoms with Crippen LogP contribution in [-0.4, -0.2) is 6.54 Å².